The number of hydrogen-bond acceptors (Lipinski definition) is 5. The van der Waals surface area contributed by atoms with Gasteiger partial charge in [0.15, 0.2) is 5.78 Å². The highest BCUT2D eigenvalue weighted by atomic mass is 16.3. The first-order valence-electron chi connectivity index (χ1n) is 10.4. The van der Waals surface area contributed by atoms with Crippen LogP contribution in [-0.2, 0) is 17.6 Å². The summed E-state index contributed by atoms with van der Waals surface area (Å²) in [5.41, 5.74) is 2.42. The number of rotatable bonds is 5. The van der Waals surface area contributed by atoms with Crippen LogP contribution < -0.4 is 5.32 Å². The molecule has 6 heteroatoms. The minimum atomic E-state index is -0.000797. The molecule has 2 aliphatic carbocycles. The third kappa shape index (κ3) is 4.31. The number of aromatic hydroxyl groups is 2. The predicted molar refractivity (Wildman–Crippen MR) is 107 cm³/mol. The van der Waals surface area contributed by atoms with Crippen LogP contribution in [0.4, 0.5) is 0 Å². The Labute approximate surface area is 169 Å². The van der Waals surface area contributed by atoms with Crippen LogP contribution in [0.1, 0.15) is 78.1 Å². The van der Waals surface area contributed by atoms with E-state index in [1.165, 1.54) is 6.07 Å². The molecule has 0 unspecified atom stereocenters. The molecule has 154 valence electrons. The second-order valence-electron chi connectivity index (χ2n) is 8.20. The number of furan rings is 1. The molecule has 1 amide bonds. The van der Waals surface area contributed by atoms with Gasteiger partial charge in [0.2, 0.25) is 5.91 Å². The van der Waals surface area contributed by atoms with Crippen LogP contribution in [0.25, 0.3) is 0 Å². The van der Waals surface area contributed by atoms with E-state index in [1.807, 2.05) is 0 Å². The van der Waals surface area contributed by atoms with Gasteiger partial charge in [-0.2, -0.15) is 0 Å². The average molecular weight is 397 g/mol. The molecular formula is C23H27NO5. The summed E-state index contributed by atoms with van der Waals surface area (Å²) in [4.78, 5) is 24.5. The first-order chi connectivity index (χ1) is 14.0. The molecule has 1 saturated carbocycles. The number of fused-ring (bicyclic) bond motifs is 1. The van der Waals surface area contributed by atoms with Crippen LogP contribution in [-0.4, -0.2) is 27.9 Å². The van der Waals surface area contributed by atoms with Crippen molar-refractivity contribution in [1.29, 1.82) is 0 Å². The van der Waals surface area contributed by atoms with Crippen LogP contribution in [0.3, 0.4) is 0 Å². The zero-order valence-electron chi connectivity index (χ0n) is 16.4. The highest BCUT2D eigenvalue weighted by molar-refractivity contribution is 5.99. The number of carbonyl (C=O) groups excluding carboxylic acids is 2. The third-order valence-electron chi connectivity index (χ3n) is 6.20. The summed E-state index contributed by atoms with van der Waals surface area (Å²) < 4.78 is 5.52. The molecule has 1 aromatic carbocycles. The molecule has 29 heavy (non-hydrogen) atoms. The Balaban J connectivity index is 1.26. The molecule has 0 atom stereocenters. The molecule has 0 aliphatic heterocycles. The molecule has 4 rings (SSSR count). The van der Waals surface area contributed by atoms with E-state index >= 15 is 0 Å². The highest BCUT2D eigenvalue weighted by Gasteiger charge is 2.27. The van der Waals surface area contributed by atoms with Crippen LogP contribution in [0.5, 0.6) is 11.5 Å². The lowest BCUT2D eigenvalue weighted by Gasteiger charge is -2.29. The maximum absolute atomic E-state index is 12.4. The Bertz CT molecular complexity index is 908. The second kappa shape index (κ2) is 8.31. The molecule has 0 spiro atoms. The molecule has 3 N–H and O–H groups in total. The molecule has 2 aliphatic rings. The normalized spacial score (nSPS) is 21.6. The number of phenols is 2. The predicted octanol–water partition coefficient (Wildman–Crippen LogP) is 3.99. The lowest BCUT2D eigenvalue weighted by molar-refractivity contribution is -0.122. The van der Waals surface area contributed by atoms with Crippen molar-refractivity contribution in [2.45, 2.75) is 69.7 Å². The fraction of sp³-hybridized carbons (Fsp3) is 0.478. The van der Waals surface area contributed by atoms with E-state index in [0.717, 1.165) is 55.4 Å². The van der Waals surface area contributed by atoms with E-state index in [4.69, 9.17) is 4.42 Å². The van der Waals surface area contributed by atoms with Gasteiger partial charge in [0.25, 0.3) is 0 Å². The van der Waals surface area contributed by atoms with Gasteiger partial charge >= 0.3 is 0 Å². The molecular weight excluding hydrogens is 370 g/mol. The van der Waals surface area contributed by atoms with Gasteiger partial charge in [-0.1, -0.05) is 6.07 Å². The van der Waals surface area contributed by atoms with Gasteiger partial charge in [-0.25, -0.2) is 0 Å². The van der Waals surface area contributed by atoms with Gasteiger partial charge in [-0.15, -0.1) is 0 Å². The molecule has 0 bridgehead atoms. The summed E-state index contributed by atoms with van der Waals surface area (Å²) >= 11 is 0. The summed E-state index contributed by atoms with van der Waals surface area (Å²) in [5.74, 6) is 1.34. The van der Waals surface area contributed by atoms with Crippen LogP contribution in [0, 0.1) is 0 Å². The van der Waals surface area contributed by atoms with E-state index in [9.17, 15) is 19.8 Å². The monoisotopic (exact) mass is 397 g/mol. The van der Waals surface area contributed by atoms with Crippen molar-refractivity contribution in [1.82, 2.24) is 5.32 Å². The lowest BCUT2D eigenvalue weighted by Crippen LogP contribution is -2.37. The lowest BCUT2D eigenvalue weighted by atomic mass is 9.81. The first kappa shape index (κ1) is 19.6. The van der Waals surface area contributed by atoms with E-state index in [1.54, 1.807) is 18.4 Å². The fourth-order valence-corrected chi connectivity index (χ4v) is 4.65. The Morgan fingerprint density at radius 1 is 1.14 bits per heavy atom. The van der Waals surface area contributed by atoms with Crippen molar-refractivity contribution in [2.75, 3.05) is 0 Å². The van der Waals surface area contributed by atoms with Crippen molar-refractivity contribution in [3.05, 3.63) is 46.9 Å². The molecule has 1 heterocycles. The average Bonchev–Trinajstić information content (AvgIpc) is 3.12. The maximum atomic E-state index is 12.4. The van der Waals surface area contributed by atoms with Crippen LogP contribution in [0.15, 0.2) is 28.9 Å². The standard InChI is InChI=1S/C23H27NO5/c25-17-9-10-18(20(27)12-17)14-4-7-16(8-5-14)24-22(28)11-6-15-13-29-21-3-1-2-19(26)23(15)21/h9-10,12-14,16,25,27H,1-8,11H2,(H,24,28). The van der Waals surface area contributed by atoms with Gasteiger partial charge < -0.3 is 19.9 Å². The number of nitrogens with one attached hydrogen (secondary N) is 1. The minimum absolute atomic E-state index is 0.000797. The first-order valence-corrected chi connectivity index (χ1v) is 10.4. The van der Waals surface area contributed by atoms with Gasteiger partial charge in [-0.05, 0) is 56.1 Å². The van der Waals surface area contributed by atoms with Crippen LogP contribution >= 0.6 is 0 Å². The fourth-order valence-electron chi connectivity index (χ4n) is 4.65. The van der Waals surface area contributed by atoms with Crippen LogP contribution in [0.2, 0.25) is 0 Å². The minimum Gasteiger partial charge on any atom is -0.508 e. The number of phenolic OH excluding ortho intramolecular Hbond substituents is 2. The number of ketones is 1. The topological polar surface area (TPSA) is 99.8 Å². The largest absolute Gasteiger partial charge is 0.508 e. The van der Waals surface area contributed by atoms with Gasteiger partial charge in [0, 0.05) is 36.9 Å². The zero-order valence-corrected chi connectivity index (χ0v) is 16.4. The van der Waals surface area contributed by atoms with Crippen molar-refractivity contribution in [3.8, 4) is 11.5 Å². The Morgan fingerprint density at radius 3 is 2.69 bits per heavy atom. The van der Waals surface area contributed by atoms with Crippen molar-refractivity contribution >= 4 is 11.7 Å². The zero-order chi connectivity index (χ0) is 20.4. The number of aryl methyl sites for hydroxylation is 2. The molecule has 6 nitrogen and oxygen atoms in total. The number of hydrogen-bond donors (Lipinski definition) is 3. The summed E-state index contributed by atoms with van der Waals surface area (Å²) in [6.07, 6.45) is 8.18. The van der Waals surface area contributed by atoms with Gasteiger partial charge in [0.05, 0.1) is 11.8 Å². The highest BCUT2D eigenvalue weighted by Crippen LogP contribution is 2.38. The van der Waals surface area contributed by atoms with Crippen molar-refractivity contribution in [2.24, 2.45) is 0 Å². The van der Waals surface area contributed by atoms with E-state index in [0.29, 0.717) is 24.8 Å². The smallest absolute Gasteiger partial charge is 0.220 e. The Kier molecular flexibility index (Phi) is 5.60. The van der Waals surface area contributed by atoms with Crippen molar-refractivity contribution in [3.63, 3.8) is 0 Å². The molecule has 1 aromatic heterocycles. The summed E-state index contributed by atoms with van der Waals surface area (Å²) in [6, 6.07) is 4.89. The van der Waals surface area contributed by atoms with Crippen molar-refractivity contribution < 1.29 is 24.2 Å². The van der Waals surface area contributed by atoms with E-state index in [-0.39, 0.29) is 35.1 Å². The van der Waals surface area contributed by atoms with Gasteiger partial charge in [-0.3, -0.25) is 9.59 Å². The maximum Gasteiger partial charge on any atom is 0.220 e. The molecule has 1 fully saturated rings. The third-order valence-corrected chi connectivity index (χ3v) is 6.20. The van der Waals surface area contributed by atoms with E-state index in [2.05, 4.69) is 5.32 Å². The SMILES string of the molecule is O=C(CCc1coc2c1C(=O)CCC2)NC1CCC(c2ccc(O)cc2O)CC1. The number of benzene rings is 1. The quantitative estimate of drug-likeness (QED) is 0.708. The number of amides is 1. The molecule has 0 radical (unpaired) electrons. The molecule has 2 aromatic rings. The number of Topliss-reactive ketones (excluding diaryl/α,β-unsaturated/α-hetero) is 1. The van der Waals surface area contributed by atoms with Gasteiger partial charge in [0.1, 0.15) is 17.3 Å². The summed E-state index contributed by atoms with van der Waals surface area (Å²) in [5, 5.41) is 22.6. The Hall–Kier alpha value is -2.76. The van der Waals surface area contributed by atoms with E-state index < -0.39 is 0 Å². The summed E-state index contributed by atoms with van der Waals surface area (Å²) in [7, 11) is 0. The number of carbonyl (C=O) groups is 2. The molecule has 0 saturated heterocycles. The summed E-state index contributed by atoms with van der Waals surface area (Å²) in [6.45, 7) is 0. The Morgan fingerprint density at radius 2 is 1.93 bits per heavy atom. The second-order valence-corrected chi connectivity index (χ2v) is 8.20.